The minimum absolute atomic E-state index is 0.0732. The second-order valence-electron chi connectivity index (χ2n) is 8.36. The second kappa shape index (κ2) is 8.93. The Morgan fingerprint density at radius 2 is 1.85 bits per heavy atom. The smallest absolute Gasteiger partial charge is 0.295 e. The highest BCUT2D eigenvalue weighted by Gasteiger charge is 2.36. The van der Waals surface area contributed by atoms with Gasteiger partial charge in [-0.1, -0.05) is 18.2 Å². The number of piperazine rings is 1. The first-order valence-corrected chi connectivity index (χ1v) is 10.8. The maximum absolute atomic E-state index is 13.2. The molecule has 0 radical (unpaired) electrons. The molecule has 1 atom stereocenters. The van der Waals surface area contributed by atoms with Gasteiger partial charge in [-0.15, -0.1) is 0 Å². The average Bonchev–Trinajstić information content (AvgIpc) is 3.26. The Bertz CT molecular complexity index is 1160. The number of ketones is 1. The van der Waals surface area contributed by atoms with Gasteiger partial charge in [0.05, 0.1) is 17.2 Å². The zero-order valence-corrected chi connectivity index (χ0v) is 18.8. The van der Waals surface area contributed by atoms with Gasteiger partial charge in [-0.25, -0.2) is 4.98 Å². The van der Waals surface area contributed by atoms with Crippen LogP contribution in [0.25, 0.3) is 11.4 Å². The Hall–Kier alpha value is -3.88. The molecule has 172 valence electrons. The fraction of sp³-hybridized carbons (Fsp3) is 0.333. The monoisotopic (exact) mass is 450 g/mol. The molecule has 1 N–H and O–H groups in total. The summed E-state index contributed by atoms with van der Waals surface area (Å²) in [6.45, 7) is 6.39. The molecule has 3 aliphatic heterocycles. The first-order valence-electron chi connectivity index (χ1n) is 10.8. The molecule has 1 fully saturated rings. The number of Topliss-reactive ketones (excluding diaryl/α,β-unsaturated/α-hetero) is 1. The summed E-state index contributed by atoms with van der Waals surface area (Å²) in [6.07, 6.45) is 2.48. The highest BCUT2D eigenvalue weighted by atomic mass is 16.5. The maximum Gasteiger partial charge on any atom is 0.295 e. The molecule has 9 heteroatoms. The van der Waals surface area contributed by atoms with Crippen molar-refractivity contribution in [1.29, 1.82) is 0 Å². The molecule has 1 aromatic carbocycles. The van der Waals surface area contributed by atoms with E-state index in [1.807, 2.05) is 26.8 Å². The number of aromatic nitrogens is 2. The number of fused-ring (bicyclic) bond motifs is 1. The van der Waals surface area contributed by atoms with Crippen LogP contribution in [0, 0.1) is 0 Å². The van der Waals surface area contributed by atoms with Crippen LogP contribution in [0.2, 0.25) is 0 Å². The molecule has 0 bridgehead atoms. The number of hydrogen-bond donors (Lipinski definition) is 1. The fourth-order valence-electron chi connectivity index (χ4n) is 4.06. The summed E-state index contributed by atoms with van der Waals surface area (Å²) in [4.78, 5) is 46.4. The molecule has 3 heterocycles. The number of carbonyl (C=O) groups is 3. The Labute approximate surface area is 191 Å². The molecule has 33 heavy (non-hydrogen) atoms. The third kappa shape index (κ3) is 4.26. The molecule has 0 unspecified atom stereocenters. The molecule has 0 spiro atoms. The molecule has 0 aliphatic carbocycles. The largest absolute Gasteiger partial charge is 0.490 e. The summed E-state index contributed by atoms with van der Waals surface area (Å²) in [5, 5.41) is 10.1. The van der Waals surface area contributed by atoms with Crippen LogP contribution in [0.3, 0.4) is 0 Å². The van der Waals surface area contributed by atoms with Gasteiger partial charge in [0.25, 0.3) is 17.6 Å². The lowest BCUT2D eigenvalue weighted by atomic mass is 10.0. The lowest BCUT2D eigenvalue weighted by Crippen LogP contribution is -2.56. The summed E-state index contributed by atoms with van der Waals surface area (Å²) in [5.41, 5.74) is 0.950. The summed E-state index contributed by atoms with van der Waals surface area (Å²) in [5.74, 6) is -1.00. The van der Waals surface area contributed by atoms with Gasteiger partial charge in [-0.05, 0) is 32.9 Å². The van der Waals surface area contributed by atoms with E-state index in [1.165, 1.54) is 23.4 Å². The minimum Gasteiger partial charge on any atom is -0.490 e. The van der Waals surface area contributed by atoms with E-state index in [4.69, 9.17) is 4.74 Å². The highest BCUT2D eigenvalue weighted by molar-refractivity contribution is 6.44. The van der Waals surface area contributed by atoms with Crippen LogP contribution < -0.4 is 4.74 Å². The predicted molar refractivity (Wildman–Crippen MR) is 120 cm³/mol. The number of hydrogen-bond acceptors (Lipinski definition) is 6. The Morgan fingerprint density at radius 1 is 1.12 bits per heavy atom. The third-order valence-corrected chi connectivity index (χ3v) is 5.64. The van der Waals surface area contributed by atoms with Gasteiger partial charge in [0.1, 0.15) is 5.75 Å². The van der Waals surface area contributed by atoms with Gasteiger partial charge >= 0.3 is 0 Å². The van der Waals surface area contributed by atoms with E-state index in [-0.39, 0.29) is 41.5 Å². The third-order valence-electron chi connectivity index (χ3n) is 5.64. The van der Waals surface area contributed by atoms with Crippen LogP contribution in [0.15, 0.2) is 48.8 Å². The van der Waals surface area contributed by atoms with Gasteiger partial charge in [0.2, 0.25) is 0 Å². The number of carbonyl (C=O) groups excluding carboxylic acids is 3. The topological polar surface area (TPSA) is 105 Å². The molecule has 2 amide bonds. The van der Waals surface area contributed by atoms with Crippen LogP contribution in [0.4, 0.5) is 0 Å². The summed E-state index contributed by atoms with van der Waals surface area (Å²) in [7, 11) is 0. The highest BCUT2D eigenvalue weighted by Crippen LogP contribution is 2.35. The van der Waals surface area contributed by atoms with E-state index in [2.05, 4.69) is 4.98 Å². The molecular weight excluding hydrogens is 424 g/mol. The van der Waals surface area contributed by atoms with Crippen LogP contribution in [0.5, 0.6) is 5.75 Å². The lowest BCUT2D eigenvalue weighted by Gasteiger charge is -2.39. The van der Waals surface area contributed by atoms with Crippen molar-refractivity contribution in [3.63, 3.8) is 0 Å². The van der Waals surface area contributed by atoms with Crippen molar-refractivity contribution >= 4 is 17.6 Å². The normalized spacial score (nSPS) is 16.3. The van der Waals surface area contributed by atoms with Gasteiger partial charge in [-0.3, -0.25) is 14.4 Å². The molecule has 0 saturated carbocycles. The van der Waals surface area contributed by atoms with Crippen LogP contribution in [0.1, 0.15) is 41.5 Å². The molecule has 3 aliphatic rings. The minimum atomic E-state index is -0.730. The number of amides is 2. The van der Waals surface area contributed by atoms with E-state index in [9.17, 15) is 19.6 Å². The Balaban J connectivity index is 1.53. The summed E-state index contributed by atoms with van der Waals surface area (Å²) >= 11 is 0. The molecule has 1 saturated heterocycles. The number of pyridine rings is 1. The number of rotatable bonds is 5. The Morgan fingerprint density at radius 3 is 2.52 bits per heavy atom. The molecule has 4 rings (SSSR count). The molecule has 1 aromatic rings. The average molecular weight is 450 g/mol. The van der Waals surface area contributed by atoms with E-state index in [1.54, 1.807) is 29.2 Å². The van der Waals surface area contributed by atoms with Crippen molar-refractivity contribution in [1.82, 2.24) is 19.5 Å². The van der Waals surface area contributed by atoms with E-state index >= 15 is 0 Å². The van der Waals surface area contributed by atoms with Crippen LogP contribution >= 0.6 is 0 Å². The SMILES string of the molecule is CC(C)Oc1ccn(O)c2ncc(C(=O)C(=O)N3CCN(C(=O)c4ccccc4)C[C@H]3C)c1-2. The van der Waals surface area contributed by atoms with Crippen LogP contribution in [-0.2, 0) is 4.79 Å². The first-order chi connectivity index (χ1) is 15.8. The van der Waals surface area contributed by atoms with Gasteiger partial charge < -0.3 is 19.7 Å². The molecule has 9 nitrogen and oxygen atoms in total. The zero-order chi connectivity index (χ0) is 23.7. The lowest BCUT2D eigenvalue weighted by molar-refractivity contribution is -0.130. The Kier molecular flexibility index (Phi) is 6.04. The quantitative estimate of drug-likeness (QED) is 0.364. The summed E-state index contributed by atoms with van der Waals surface area (Å²) < 4.78 is 6.57. The maximum atomic E-state index is 13.2. The second-order valence-corrected chi connectivity index (χ2v) is 8.36. The molecular formula is C24H26N4O5. The van der Waals surface area contributed by atoms with Crippen molar-refractivity contribution in [3.8, 4) is 17.1 Å². The fourth-order valence-corrected chi connectivity index (χ4v) is 4.06. The zero-order valence-electron chi connectivity index (χ0n) is 18.8. The van der Waals surface area contributed by atoms with E-state index in [0.29, 0.717) is 24.4 Å². The number of nitrogens with zero attached hydrogens (tertiary/aromatic N) is 4. The van der Waals surface area contributed by atoms with E-state index < -0.39 is 11.7 Å². The first kappa shape index (κ1) is 22.3. The number of ether oxygens (including phenoxy) is 1. The van der Waals surface area contributed by atoms with Crippen LogP contribution in [-0.4, -0.2) is 74.1 Å². The van der Waals surface area contributed by atoms with Gasteiger partial charge in [0.15, 0.2) is 5.82 Å². The van der Waals surface area contributed by atoms with Crippen molar-refractivity contribution in [3.05, 3.63) is 59.9 Å². The van der Waals surface area contributed by atoms with Gasteiger partial charge in [-0.2, -0.15) is 4.73 Å². The van der Waals surface area contributed by atoms with Crippen molar-refractivity contribution in [2.75, 3.05) is 19.6 Å². The predicted octanol–water partition coefficient (Wildman–Crippen LogP) is 2.57. The van der Waals surface area contributed by atoms with Crippen molar-refractivity contribution in [2.45, 2.75) is 32.9 Å². The van der Waals surface area contributed by atoms with E-state index in [0.717, 1.165) is 4.73 Å². The summed E-state index contributed by atoms with van der Waals surface area (Å²) in [6, 6.07) is 10.2. The molecule has 0 aromatic heterocycles. The van der Waals surface area contributed by atoms with Gasteiger partial charge in [0, 0.05) is 49.7 Å². The standard InChI is InChI=1S/C24H26N4O5/c1-15(2)33-19-9-10-28(32)22-20(19)18(13-25-22)21(29)24(31)27-12-11-26(14-16(27)3)23(30)17-7-5-4-6-8-17/h4-10,13,15-16,32H,11-12,14H2,1-3H3/t16-/m1/s1. The van der Waals surface area contributed by atoms with Crippen molar-refractivity contribution < 1.29 is 24.3 Å². The van der Waals surface area contributed by atoms with Crippen molar-refractivity contribution in [2.24, 2.45) is 0 Å². The number of benzene rings is 1.